The molecule has 4 aromatic rings. The molecule has 0 bridgehead atoms. The second kappa shape index (κ2) is 9.53. The van der Waals surface area contributed by atoms with Crippen LogP contribution in [0.15, 0.2) is 81.3 Å². The average molecular weight is 544 g/mol. The maximum absolute atomic E-state index is 13.1. The average Bonchev–Trinajstić information content (AvgIpc) is 3.21. The van der Waals surface area contributed by atoms with Gasteiger partial charge in [0.05, 0.1) is 23.9 Å². The van der Waals surface area contributed by atoms with Gasteiger partial charge in [0, 0.05) is 45.0 Å². The molecule has 174 valence electrons. The fourth-order valence-electron chi connectivity index (χ4n) is 3.20. The molecule has 0 saturated carbocycles. The molecule has 3 aromatic carbocycles. The predicted molar refractivity (Wildman–Crippen MR) is 134 cm³/mol. The number of methoxy groups -OCH3 is 1. The van der Waals surface area contributed by atoms with Crippen molar-refractivity contribution < 1.29 is 18.1 Å². The lowest BCUT2D eigenvalue weighted by atomic mass is 10.2. The van der Waals surface area contributed by atoms with Gasteiger partial charge in [-0.05, 0) is 48.5 Å². The van der Waals surface area contributed by atoms with Gasteiger partial charge >= 0.3 is 0 Å². The molecule has 1 aromatic heterocycles. The molecular formula is C22H18BrN5O5S. The number of nitrogens with one attached hydrogen (secondary N) is 3. The van der Waals surface area contributed by atoms with Gasteiger partial charge in [0.15, 0.2) is 0 Å². The monoisotopic (exact) mass is 543 g/mol. The number of aromatic amines is 1. The Labute approximate surface area is 203 Å². The number of hydrogen-bond donors (Lipinski definition) is 3. The van der Waals surface area contributed by atoms with Gasteiger partial charge in [-0.1, -0.05) is 15.9 Å². The minimum Gasteiger partial charge on any atom is -0.497 e. The minimum absolute atomic E-state index is 0.0730. The van der Waals surface area contributed by atoms with E-state index in [4.69, 9.17) is 4.74 Å². The number of hydrogen-bond acceptors (Lipinski definition) is 7. The summed E-state index contributed by atoms with van der Waals surface area (Å²) in [6.45, 7) is 0. The fourth-order valence-corrected chi connectivity index (χ4v) is 4.80. The third kappa shape index (κ3) is 5.02. The lowest BCUT2D eigenvalue weighted by Crippen LogP contribution is -2.15. The Balaban J connectivity index is 1.65. The summed E-state index contributed by atoms with van der Waals surface area (Å²) >= 11 is 3.43. The van der Waals surface area contributed by atoms with Crippen LogP contribution in [0.4, 0.5) is 17.1 Å². The summed E-state index contributed by atoms with van der Waals surface area (Å²) in [7, 11) is -2.69. The van der Waals surface area contributed by atoms with Crippen molar-refractivity contribution in [3.8, 4) is 5.75 Å². The molecule has 0 saturated heterocycles. The number of sulfonamides is 1. The predicted octanol–water partition coefficient (Wildman–Crippen LogP) is 5.09. The third-order valence-corrected chi connectivity index (χ3v) is 6.79. The summed E-state index contributed by atoms with van der Waals surface area (Å²) in [5.41, 5.74) is 4.34. The zero-order valence-corrected chi connectivity index (χ0v) is 20.1. The molecule has 4 rings (SSSR count). The van der Waals surface area contributed by atoms with Gasteiger partial charge in [-0.3, -0.25) is 20.3 Å². The molecule has 12 heteroatoms. The second-order valence-electron chi connectivity index (χ2n) is 7.08. The van der Waals surface area contributed by atoms with E-state index >= 15 is 0 Å². The first kappa shape index (κ1) is 23.3. The smallest absolute Gasteiger partial charge is 0.270 e. The van der Waals surface area contributed by atoms with Crippen LogP contribution in [0.25, 0.3) is 10.9 Å². The van der Waals surface area contributed by atoms with E-state index in [1.807, 2.05) is 18.2 Å². The number of non-ortho nitro benzene ring substituents is 1. The number of hydrazone groups is 1. The van der Waals surface area contributed by atoms with Crippen LogP contribution in [0.3, 0.4) is 0 Å². The van der Waals surface area contributed by atoms with Crippen molar-refractivity contribution in [1.82, 2.24) is 4.98 Å². The SMILES string of the molecule is COc1ccc(NS(=O)(=O)c2cc([N+](=O)[O-])ccc2N/N=C\c2c[nH]c3ccc(Br)cc23)cc1. The van der Waals surface area contributed by atoms with E-state index in [1.54, 1.807) is 18.3 Å². The molecule has 0 aliphatic heterocycles. The Morgan fingerprint density at radius 1 is 1.12 bits per heavy atom. The highest BCUT2D eigenvalue weighted by molar-refractivity contribution is 9.10. The molecule has 0 unspecified atom stereocenters. The molecule has 1 heterocycles. The molecule has 3 N–H and O–H groups in total. The van der Waals surface area contributed by atoms with Crippen LogP contribution >= 0.6 is 15.9 Å². The topological polar surface area (TPSA) is 139 Å². The Morgan fingerprint density at radius 3 is 2.59 bits per heavy atom. The first-order chi connectivity index (χ1) is 16.3. The molecule has 0 fully saturated rings. The Kier molecular flexibility index (Phi) is 6.52. The number of rotatable bonds is 8. The van der Waals surface area contributed by atoms with E-state index in [0.717, 1.165) is 27.0 Å². The molecule has 0 spiro atoms. The summed E-state index contributed by atoms with van der Waals surface area (Å²) < 4.78 is 34.6. The van der Waals surface area contributed by atoms with Crippen molar-refractivity contribution in [2.75, 3.05) is 17.3 Å². The number of benzene rings is 3. The maximum atomic E-state index is 13.1. The van der Waals surface area contributed by atoms with Crippen LogP contribution in [0.2, 0.25) is 0 Å². The maximum Gasteiger partial charge on any atom is 0.270 e. The second-order valence-corrected chi connectivity index (χ2v) is 9.64. The van der Waals surface area contributed by atoms with E-state index in [2.05, 4.69) is 36.2 Å². The van der Waals surface area contributed by atoms with Gasteiger partial charge in [0.2, 0.25) is 0 Å². The van der Waals surface area contributed by atoms with Crippen molar-refractivity contribution in [3.05, 3.63) is 87.0 Å². The summed E-state index contributed by atoms with van der Waals surface area (Å²) in [5.74, 6) is 0.555. The van der Waals surface area contributed by atoms with Crippen LogP contribution in [0.1, 0.15) is 5.56 Å². The number of nitro groups is 1. The minimum atomic E-state index is -4.19. The number of ether oxygens (including phenoxy) is 1. The highest BCUT2D eigenvalue weighted by Crippen LogP contribution is 2.29. The lowest BCUT2D eigenvalue weighted by Gasteiger charge is -2.12. The fraction of sp³-hybridized carbons (Fsp3) is 0.0455. The molecule has 34 heavy (non-hydrogen) atoms. The highest BCUT2D eigenvalue weighted by atomic mass is 79.9. The molecule has 0 amide bonds. The number of nitro benzene ring substituents is 1. The van der Waals surface area contributed by atoms with Crippen molar-refractivity contribution in [1.29, 1.82) is 0 Å². The van der Waals surface area contributed by atoms with Crippen LogP contribution < -0.4 is 14.9 Å². The summed E-state index contributed by atoms with van der Waals surface area (Å²) in [5, 5.41) is 16.3. The largest absolute Gasteiger partial charge is 0.497 e. The number of aromatic nitrogens is 1. The first-order valence-corrected chi connectivity index (χ1v) is 12.1. The van der Waals surface area contributed by atoms with Gasteiger partial charge in [0.25, 0.3) is 15.7 Å². The van der Waals surface area contributed by atoms with Gasteiger partial charge in [-0.25, -0.2) is 8.42 Å². The molecular weight excluding hydrogens is 526 g/mol. The lowest BCUT2D eigenvalue weighted by molar-refractivity contribution is -0.385. The zero-order chi connectivity index (χ0) is 24.3. The van der Waals surface area contributed by atoms with Crippen LogP contribution in [0, 0.1) is 10.1 Å². The molecule has 10 nitrogen and oxygen atoms in total. The van der Waals surface area contributed by atoms with Crippen molar-refractivity contribution in [2.45, 2.75) is 4.90 Å². The number of H-pyrrole nitrogens is 1. The van der Waals surface area contributed by atoms with Gasteiger partial charge < -0.3 is 9.72 Å². The van der Waals surface area contributed by atoms with E-state index < -0.39 is 14.9 Å². The Hall–Kier alpha value is -3.90. The number of anilines is 2. The summed E-state index contributed by atoms with van der Waals surface area (Å²) in [6.07, 6.45) is 3.29. The van der Waals surface area contributed by atoms with E-state index in [-0.39, 0.29) is 22.0 Å². The summed E-state index contributed by atoms with van der Waals surface area (Å²) in [6, 6.07) is 15.4. The quantitative estimate of drug-likeness (QED) is 0.160. The number of nitrogens with zero attached hydrogens (tertiary/aromatic N) is 2. The molecule has 0 aliphatic carbocycles. The Bertz CT molecular complexity index is 1500. The van der Waals surface area contributed by atoms with Crippen LogP contribution in [-0.2, 0) is 10.0 Å². The van der Waals surface area contributed by atoms with E-state index in [1.165, 1.54) is 37.6 Å². The van der Waals surface area contributed by atoms with Crippen LogP contribution in [0.5, 0.6) is 5.75 Å². The third-order valence-electron chi connectivity index (χ3n) is 4.87. The van der Waals surface area contributed by atoms with Gasteiger partial charge in [-0.15, -0.1) is 0 Å². The van der Waals surface area contributed by atoms with E-state index in [9.17, 15) is 18.5 Å². The molecule has 0 radical (unpaired) electrons. The summed E-state index contributed by atoms with van der Waals surface area (Å²) in [4.78, 5) is 13.4. The first-order valence-electron chi connectivity index (χ1n) is 9.78. The van der Waals surface area contributed by atoms with E-state index in [0.29, 0.717) is 5.75 Å². The van der Waals surface area contributed by atoms with Gasteiger partial charge in [0.1, 0.15) is 10.6 Å². The van der Waals surface area contributed by atoms with Crippen molar-refractivity contribution in [3.63, 3.8) is 0 Å². The molecule has 0 atom stereocenters. The van der Waals surface area contributed by atoms with Crippen LogP contribution in [-0.4, -0.2) is 31.6 Å². The normalized spacial score (nSPS) is 11.6. The van der Waals surface area contributed by atoms with Crippen molar-refractivity contribution in [2.24, 2.45) is 5.10 Å². The van der Waals surface area contributed by atoms with Gasteiger partial charge in [-0.2, -0.15) is 5.10 Å². The van der Waals surface area contributed by atoms with Crippen molar-refractivity contribution >= 4 is 60.1 Å². The zero-order valence-electron chi connectivity index (χ0n) is 17.7. The standard InChI is InChI=1S/C22H18BrN5O5S/c1-33-18-6-3-16(4-7-18)27-34(31,32)22-11-17(28(29)30)5-9-21(22)26-25-13-14-12-24-20-8-2-15(23)10-19(14)20/h2-13,24,26-27H,1H3/b25-13-. The number of halogens is 1. The molecule has 0 aliphatic rings. The highest BCUT2D eigenvalue weighted by Gasteiger charge is 2.23. The Morgan fingerprint density at radius 2 is 1.88 bits per heavy atom. The number of fused-ring (bicyclic) bond motifs is 1.